The Labute approximate surface area is 89.9 Å². The van der Waals surface area contributed by atoms with E-state index in [1.165, 1.54) is 5.52 Å². The van der Waals surface area contributed by atoms with Gasteiger partial charge in [-0.3, -0.25) is 0 Å². The number of aromatic nitrogens is 2. The summed E-state index contributed by atoms with van der Waals surface area (Å²) in [5.41, 5.74) is 7.99. The highest BCUT2D eigenvalue weighted by Gasteiger charge is 2.14. The van der Waals surface area contributed by atoms with Crippen LogP contribution in [0.25, 0.3) is 11.0 Å². The van der Waals surface area contributed by atoms with Crippen LogP contribution in [0, 0.1) is 0 Å². The van der Waals surface area contributed by atoms with Crippen LogP contribution in [0.2, 0.25) is 0 Å². The van der Waals surface area contributed by atoms with Crippen molar-refractivity contribution in [2.24, 2.45) is 12.8 Å². The number of aryl methyl sites for hydroxylation is 1. The molecule has 0 saturated carbocycles. The Morgan fingerprint density at radius 3 is 2.73 bits per heavy atom. The molecule has 80 valence electrons. The topological polar surface area (TPSA) is 43.8 Å². The zero-order chi connectivity index (χ0) is 10.8. The summed E-state index contributed by atoms with van der Waals surface area (Å²) in [4.78, 5) is 4.64. The van der Waals surface area contributed by atoms with Crippen LogP contribution in [0.1, 0.15) is 25.1 Å². The molecular formula is C12H17N3. The first-order valence-electron chi connectivity index (χ1n) is 5.39. The van der Waals surface area contributed by atoms with Crippen molar-refractivity contribution in [2.45, 2.75) is 19.3 Å². The third-order valence-corrected chi connectivity index (χ3v) is 2.96. The average Bonchev–Trinajstić information content (AvgIpc) is 2.60. The molecule has 0 bridgehead atoms. The summed E-state index contributed by atoms with van der Waals surface area (Å²) in [7, 11) is 2.06. The summed E-state index contributed by atoms with van der Waals surface area (Å²) in [6.45, 7) is 2.81. The molecule has 0 saturated heterocycles. The van der Waals surface area contributed by atoms with Crippen molar-refractivity contribution in [3.05, 3.63) is 30.1 Å². The quantitative estimate of drug-likeness (QED) is 0.829. The smallest absolute Gasteiger partial charge is 0.113 e. The van der Waals surface area contributed by atoms with Gasteiger partial charge >= 0.3 is 0 Å². The largest absolute Gasteiger partial charge is 0.331 e. The summed E-state index contributed by atoms with van der Waals surface area (Å²) >= 11 is 0. The molecule has 1 aromatic heterocycles. The zero-order valence-corrected chi connectivity index (χ0v) is 9.27. The van der Waals surface area contributed by atoms with Crippen LogP contribution < -0.4 is 5.73 Å². The van der Waals surface area contributed by atoms with E-state index in [2.05, 4.69) is 29.6 Å². The van der Waals surface area contributed by atoms with Crippen molar-refractivity contribution >= 4 is 11.0 Å². The Kier molecular flexibility index (Phi) is 2.73. The van der Waals surface area contributed by atoms with Crippen molar-refractivity contribution in [3.63, 3.8) is 0 Å². The summed E-state index contributed by atoms with van der Waals surface area (Å²) in [6.07, 6.45) is 1.04. The number of hydrogen-bond acceptors (Lipinski definition) is 2. The lowest BCUT2D eigenvalue weighted by molar-refractivity contribution is 0.608. The lowest BCUT2D eigenvalue weighted by Crippen LogP contribution is -2.15. The highest BCUT2D eigenvalue weighted by molar-refractivity contribution is 5.75. The van der Waals surface area contributed by atoms with Crippen LogP contribution in [-0.4, -0.2) is 16.1 Å². The lowest BCUT2D eigenvalue weighted by atomic mass is 10.1. The molecule has 0 aliphatic rings. The molecule has 0 spiro atoms. The molecule has 0 fully saturated rings. The highest BCUT2D eigenvalue weighted by Crippen LogP contribution is 2.22. The van der Waals surface area contributed by atoms with Gasteiger partial charge in [-0.05, 0) is 18.6 Å². The van der Waals surface area contributed by atoms with Gasteiger partial charge in [0.2, 0.25) is 0 Å². The van der Waals surface area contributed by atoms with Gasteiger partial charge in [-0.25, -0.2) is 4.98 Å². The molecule has 0 aliphatic carbocycles. The molecule has 1 heterocycles. The second-order valence-corrected chi connectivity index (χ2v) is 3.86. The highest BCUT2D eigenvalue weighted by atomic mass is 15.1. The maximum atomic E-state index is 5.75. The van der Waals surface area contributed by atoms with Gasteiger partial charge in [0.05, 0.1) is 11.0 Å². The van der Waals surface area contributed by atoms with Gasteiger partial charge in [-0.15, -0.1) is 0 Å². The third kappa shape index (κ3) is 1.63. The van der Waals surface area contributed by atoms with Crippen molar-refractivity contribution < 1.29 is 0 Å². The van der Waals surface area contributed by atoms with Crippen LogP contribution in [-0.2, 0) is 7.05 Å². The van der Waals surface area contributed by atoms with E-state index in [4.69, 9.17) is 5.73 Å². The number of nitrogens with zero attached hydrogens (tertiary/aromatic N) is 2. The summed E-state index contributed by atoms with van der Waals surface area (Å²) in [6, 6.07) is 8.19. The van der Waals surface area contributed by atoms with Gasteiger partial charge in [0, 0.05) is 19.5 Å². The van der Waals surface area contributed by atoms with Crippen LogP contribution in [0.3, 0.4) is 0 Å². The van der Waals surface area contributed by atoms with Crippen LogP contribution in [0.5, 0.6) is 0 Å². The summed E-state index contributed by atoms with van der Waals surface area (Å²) in [5.74, 6) is 1.46. The van der Waals surface area contributed by atoms with E-state index in [-0.39, 0.29) is 0 Å². The second kappa shape index (κ2) is 4.03. The van der Waals surface area contributed by atoms with Crippen LogP contribution in [0.4, 0.5) is 0 Å². The van der Waals surface area contributed by atoms with Gasteiger partial charge in [0.25, 0.3) is 0 Å². The summed E-state index contributed by atoms with van der Waals surface area (Å²) < 4.78 is 2.15. The molecule has 3 nitrogen and oxygen atoms in total. The van der Waals surface area contributed by atoms with E-state index in [9.17, 15) is 0 Å². The minimum Gasteiger partial charge on any atom is -0.331 e. The first kappa shape index (κ1) is 10.2. The molecule has 0 amide bonds. The first-order valence-corrected chi connectivity index (χ1v) is 5.39. The SMILES string of the molecule is CCC(CN)c1nc2ccccc2n1C. The predicted octanol–water partition coefficient (Wildman–Crippen LogP) is 2.03. The maximum Gasteiger partial charge on any atom is 0.113 e. The van der Waals surface area contributed by atoms with Gasteiger partial charge in [-0.1, -0.05) is 19.1 Å². The predicted molar refractivity (Wildman–Crippen MR) is 62.8 cm³/mol. The van der Waals surface area contributed by atoms with E-state index in [0.717, 1.165) is 17.8 Å². The fraction of sp³-hybridized carbons (Fsp3) is 0.417. The number of para-hydroxylation sites is 2. The van der Waals surface area contributed by atoms with Crippen molar-refractivity contribution in [1.82, 2.24) is 9.55 Å². The molecular weight excluding hydrogens is 186 g/mol. The monoisotopic (exact) mass is 203 g/mol. The minimum atomic E-state index is 0.363. The van der Waals surface area contributed by atoms with E-state index >= 15 is 0 Å². The maximum absolute atomic E-state index is 5.75. The van der Waals surface area contributed by atoms with E-state index < -0.39 is 0 Å². The van der Waals surface area contributed by atoms with Crippen LogP contribution >= 0.6 is 0 Å². The normalized spacial score (nSPS) is 13.3. The Hall–Kier alpha value is -1.35. The Balaban J connectivity index is 2.57. The molecule has 2 N–H and O–H groups in total. The Bertz CT molecular complexity index is 455. The fourth-order valence-corrected chi connectivity index (χ4v) is 1.98. The second-order valence-electron chi connectivity index (χ2n) is 3.86. The lowest BCUT2D eigenvalue weighted by Gasteiger charge is -2.11. The number of rotatable bonds is 3. The number of nitrogens with two attached hydrogens (primary N) is 1. The minimum absolute atomic E-state index is 0.363. The molecule has 2 rings (SSSR count). The first-order chi connectivity index (χ1) is 7.27. The molecule has 15 heavy (non-hydrogen) atoms. The Morgan fingerprint density at radius 1 is 1.40 bits per heavy atom. The number of hydrogen-bond donors (Lipinski definition) is 1. The summed E-state index contributed by atoms with van der Waals surface area (Å²) in [5, 5.41) is 0. The fourth-order valence-electron chi connectivity index (χ4n) is 1.98. The van der Waals surface area contributed by atoms with Crippen molar-refractivity contribution in [2.75, 3.05) is 6.54 Å². The standard InChI is InChI=1S/C12H17N3/c1-3-9(8-13)12-14-10-6-4-5-7-11(10)15(12)2/h4-7,9H,3,8,13H2,1-2H3. The number of benzene rings is 1. The van der Waals surface area contributed by atoms with E-state index in [1.54, 1.807) is 0 Å². The molecule has 0 radical (unpaired) electrons. The Morgan fingerprint density at radius 2 is 2.13 bits per heavy atom. The molecule has 1 atom stereocenters. The number of imidazole rings is 1. The number of fused-ring (bicyclic) bond motifs is 1. The van der Waals surface area contributed by atoms with Gasteiger partial charge in [0.15, 0.2) is 0 Å². The van der Waals surface area contributed by atoms with E-state index in [0.29, 0.717) is 12.5 Å². The molecule has 3 heteroatoms. The van der Waals surface area contributed by atoms with Crippen molar-refractivity contribution in [3.8, 4) is 0 Å². The molecule has 2 aromatic rings. The van der Waals surface area contributed by atoms with Gasteiger partial charge < -0.3 is 10.3 Å². The van der Waals surface area contributed by atoms with Gasteiger partial charge in [0.1, 0.15) is 5.82 Å². The van der Waals surface area contributed by atoms with E-state index in [1.807, 2.05) is 18.2 Å². The average molecular weight is 203 g/mol. The zero-order valence-electron chi connectivity index (χ0n) is 9.27. The molecule has 1 aromatic carbocycles. The van der Waals surface area contributed by atoms with Gasteiger partial charge in [-0.2, -0.15) is 0 Å². The van der Waals surface area contributed by atoms with Crippen LogP contribution in [0.15, 0.2) is 24.3 Å². The van der Waals surface area contributed by atoms with Crippen molar-refractivity contribution in [1.29, 1.82) is 0 Å². The third-order valence-electron chi connectivity index (χ3n) is 2.96. The molecule has 0 aliphatic heterocycles. The molecule has 1 unspecified atom stereocenters.